The second-order valence-electron chi connectivity index (χ2n) is 5.03. The zero-order valence-corrected chi connectivity index (χ0v) is 12.1. The summed E-state index contributed by atoms with van der Waals surface area (Å²) in [4.78, 5) is 10.3. The van der Waals surface area contributed by atoms with Crippen LogP contribution in [0.4, 0.5) is 5.69 Å². The van der Waals surface area contributed by atoms with E-state index in [1.807, 2.05) is 24.3 Å². The van der Waals surface area contributed by atoms with Crippen LogP contribution in [0.3, 0.4) is 0 Å². The summed E-state index contributed by atoms with van der Waals surface area (Å²) < 4.78 is 11.1. The quantitative estimate of drug-likeness (QED) is 0.694. The highest BCUT2D eigenvalue weighted by molar-refractivity contribution is 5.34. The molecule has 0 aliphatic carbocycles. The average molecular weight is 300 g/mol. The zero-order valence-electron chi connectivity index (χ0n) is 12.1. The standard InChI is InChI=1S/C16H16N2O4/c1-21-14-8-4-12(5-9-14)16-17-10-15(22-16)11-2-6-13(7-3-11)18(19)20/h2-9,15-17H,10H2,1H3/t15-,16+/m0/s1. The molecule has 1 saturated heterocycles. The van der Waals surface area contributed by atoms with Crippen LogP contribution in [-0.2, 0) is 4.74 Å². The van der Waals surface area contributed by atoms with Crippen LogP contribution in [0.1, 0.15) is 23.5 Å². The monoisotopic (exact) mass is 300 g/mol. The van der Waals surface area contributed by atoms with Gasteiger partial charge in [0.2, 0.25) is 0 Å². The molecular formula is C16H16N2O4. The highest BCUT2D eigenvalue weighted by atomic mass is 16.6. The van der Waals surface area contributed by atoms with Crippen molar-refractivity contribution >= 4 is 5.69 Å². The lowest BCUT2D eigenvalue weighted by molar-refractivity contribution is -0.384. The summed E-state index contributed by atoms with van der Waals surface area (Å²) in [5.74, 6) is 0.800. The van der Waals surface area contributed by atoms with Crippen molar-refractivity contribution in [2.24, 2.45) is 0 Å². The molecule has 1 N–H and O–H groups in total. The average Bonchev–Trinajstić information content (AvgIpc) is 3.05. The molecule has 22 heavy (non-hydrogen) atoms. The fourth-order valence-corrected chi connectivity index (χ4v) is 2.46. The van der Waals surface area contributed by atoms with E-state index in [9.17, 15) is 10.1 Å². The van der Waals surface area contributed by atoms with Crippen LogP contribution in [0, 0.1) is 10.1 Å². The fraction of sp³-hybridized carbons (Fsp3) is 0.250. The lowest BCUT2D eigenvalue weighted by Gasteiger charge is -2.13. The van der Waals surface area contributed by atoms with Crippen LogP contribution < -0.4 is 10.1 Å². The van der Waals surface area contributed by atoms with Crippen LogP contribution in [-0.4, -0.2) is 18.6 Å². The molecule has 6 nitrogen and oxygen atoms in total. The molecule has 0 bridgehead atoms. The maximum absolute atomic E-state index is 10.7. The Morgan fingerprint density at radius 1 is 1.14 bits per heavy atom. The zero-order chi connectivity index (χ0) is 15.5. The number of nitrogens with one attached hydrogen (secondary N) is 1. The molecule has 2 aromatic rings. The molecule has 2 atom stereocenters. The molecule has 0 spiro atoms. The van der Waals surface area contributed by atoms with Crippen molar-refractivity contribution in [2.75, 3.05) is 13.7 Å². The lowest BCUT2D eigenvalue weighted by Crippen LogP contribution is -2.13. The van der Waals surface area contributed by atoms with Gasteiger partial charge in [0, 0.05) is 18.7 Å². The maximum Gasteiger partial charge on any atom is 0.269 e. The van der Waals surface area contributed by atoms with E-state index in [0.29, 0.717) is 6.54 Å². The van der Waals surface area contributed by atoms with Gasteiger partial charge in [-0.25, -0.2) is 0 Å². The summed E-state index contributed by atoms with van der Waals surface area (Å²) in [7, 11) is 1.63. The third-order valence-electron chi connectivity index (χ3n) is 3.68. The van der Waals surface area contributed by atoms with Crippen molar-refractivity contribution < 1.29 is 14.4 Å². The number of non-ortho nitro benzene ring substituents is 1. The van der Waals surface area contributed by atoms with Gasteiger partial charge in [0.15, 0.2) is 0 Å². The Morgan fingerprint density at radius 3 is 2.36 bits per heavy atom. The summed E-state index contributed by atoms with van der Waals surface area (Å²) in [6.45, 7) is 0.661. The van der Waals surface area contributed by atoms with Gasteiger partial charge in [-0.1, -0.05) is 12.1 Å². The molecule has 0 aromatic heterocycles. The SMILES string of the molecule is COc1ccc([C@@H]2NC[C@@H](c3ccc([N+](=O)[O-])cc3)O2)cc1. The lowest BCUT2D eigenvalue weighted by atomic mass is 10.1. The Morgan fingerprint density at radius 2 is 1.77 bits per heavy atom. The molecule has 0 saturated carbocycles. The summed E-state index contributed by atoms with van der Waals surface area (Å²) in [5, 5.41) is 14.0. The van der Waals surface area contributed by atoms with Gasteiger partial charge in [0.1, 0.15) is 12.0 Å². The van der Waals surface area contributed by atoms with Gasteiger partial charge in [0.25, 0.3) is 5.69 Å². The first kappa shape index (κ1) is 14.5. The van der Waals surface area contributed by atoms with Gasteiger partial charge >= 0.3 is 0 Å². The molecule has 1 aliphatic heterocycles. The molecule has 0 unspecified atom stereocenters. The largest absolute Gasteiger partial charge is 0.497 e. The van der Waals surface area contributed by atoms with E-state index in [1.165, 1.54) is 12.1 Å². The van der Waals surface area contributed by atoms with E-state index in [0.717, 1.165) is 16.9 Å². The predicted molar refractivity (Wildman–Crippen MR) is 80.7 cm³/mol. The summed E-state index contributed by atoms with van der Waals surface area (Å²) in [6.07, 6.45) is -0.306. The van der Waals surface area contributed by atoms with Crippen molar-refractivity contribution in [1.82, 2.24) is 5.32 Å². The Balaban J connectivity index is 1.69. The Hall–Kier alpha value is -2.44. The van der Waals surface area contributed by atoms with Crippen molar-refractivity contribution in [3.05, 3.63) is 69.8 Å². The Labute approximate surface area is 127 Å². The molecule has 2 aromatic carbocycles. The molecule has 114 valence electrons. The van der Waals surface area contributed by atoms with Gasteiger partial charge < -0.3 is 9.47 Å². The van der Waals surface area contributed by atoms with Crippen molar-refractivity contribution in [3.8, 4) is 5.75 Å². The van der Waals surface area contributed by atoms with E-state index < -0.39 is 4.92 Å². The normalized spacial score (nSPS) is 20.8. The number of hydrogen-bond acceptors (Lipinski definition) is 5. The second kappa shape index (κ2) is 6.13. The fourth-order valence-electron chi connectivity index (χ4n) is 2.46. The molecule has 6 heteroatoms. The van der Waals surface area contributed by atoms with E-state index in [2.05, 4.69) is 5.32 Å². The topological polar surface area (TPSA) is 73.6 Å². The highest BCUT2D eigenvalue weighted by Gasteiger charge is 2.27. The van der Waals surface area contributed by atoms with Gasteiger partial charge in [0.05, 0.1) is 18.1 Å². The number of nitro benzene ring substituents is 1. The van der Waals surface area contributed by atoms with Gasteiger partial charge in [-0.15, -0.1) is 0 Å². The number of hydrogen-bond donors (Lipinski definition) is 1. The van der Waals surface area contributed by atoms with Gasteiger partial charge in [-0.05, 0) is 35.4 Å². The Kier molecular flexibility index (Phi) is 4.04. The molecule has 0 amide bonds. The minimum absolute atomic E-state index is 0.0846. The number of benzene rings is 2. The highest BCUT2D eigenvalue weighted by Crippen LogP contribution is 2.31. The number of nitrogens with zero attached hydrogens (tertiary/aromatic N) is 1. The maximum atomic E-state index is 10.7. The minimum atomic E-state index is -0.405. The molecule has 1 heterocycles. The smallest absolute Gasteiger partial charge is 0.269 e. The summed E-state index contributed by atoms with van der Waals surface area (Å²) in [5.41, 5.74) is 2.03. The first-order valence-electron chi connectivity index (χ1n) is 6.94. The van der Waals surface area contributed by atoms with E-state index in [4.69, 9.17) is 9.47 Å². The first-order chi connectivity index (χ1) is 10.7. The second-order valence-corrected chi connectivity index (χ2v) is 5.03. The van der Waals surface area contributed by atoms with Gasteiger partial charge in [-0.3, -0.25) is 15.4 Å². The van der Waals surface area contributed by atoms with Crippen molar-refractivity contribution in [3.63, 3.8) is 0 Å². The van der Waals surface area contributed by atoms with Crippen LogP contribution in [0.5, 0.6) is 5.75 Å². The van der Waals surface area contributed by atoms with Crippen LogP contribution in [0.2, 0.25) is 0 Å². The number of methoxy groups -OCH3 is 1. The van der Waals surface area contributed by atoms with E-state index in [-0.39, 0.29) is 18.0 Å². The van der Waals surface area contributed by atoms with E-state index >= 15 is 0 Å². The third kappa shape index (κ3) is 2.93. The van der Waals surface area contributed by atoms with Crippen molar-refractivity contribution in [2.45, 2.75) is 12.3 Å². The molecule has 1 aliphatic rings. The summed E-state index contributed by atoms with van der Waals surface area (Å²) >= 11 is 0. The van der Waals surface area contributed by atoms with Crippen LogP contribution >= 0.6 is 0 Å². The molecule has 1 fully saturated rings. The molecular weight excluding hydrogens is 284 g/mol. The number of nitro groups is 1. The number of rotatable bonds is 4. The van der Waals surface area contributed by atoms with Crippen LogP contribution in [0.25, 0.3) is 0 Å². The van der Waals surface area contributed by atoms with Gasteiger partial charge in [-0.2, -0.15) is 0 Å². The minimum Gasteiger partial charge on any atom is -0.497 e. The Bertz CT molecular complexity index is 655. The predicted octanol–water partition coefficient (Wildman–Crippen LogP) is 2.96. The van der Waals surface area contributed by atoms with Crippen molar-refractivity contribution in [1.29, 1.82) is 0 Å². The first-order valence-corrected chi connectivity index (χ1v) is 6.94. The molecule has 3 rings (SSSR count). The van der Waals surface area contributed by atoms with Crippen LogP contribution in [0.15, 0.2) is 48.5 Å². The third-order valence-corrected chi connectivity index (χ3v) is 3.68. The summed E-state index contributed by atoms with van der Waals surface area (Å²) in [6, 6.07) is 14.2. The molecule has 0 radical (unpaired) electrons. The number of ether oxygens (including phenoxy) is 2. The van der Waals surface area contributed by atoms with E-state index in [1.54, 1.807) is 19.2 Å².